The topological polar surface area (TPSA) is 105 Å². The molecule has 3 aliphatic carbocycles. The molecule has 5 rings (SSSR count). The highest BCUT2D eigenvalue weighted by molar-refractivity contribution is 5.80. The van der Waals surface area contributed by atoms with E-state index in [9.17, 15) is 14.4 Å². The molecule has 0 spiro atoms. The number of rotatable bonds is 10. The number of nitrogens with one attached hydrogen (secondary N) is 2. The van der Waals surface area contributed by atoms with Crippen molar-refractivity contribution in [3.8, 4) is 11.1 Å². The van der Waals surface area contributed by atoms with E-state index in [-0.39, 0.29) is 42.2 Å². The lowest BCUT2D eigenvalue weighted by molar-refractivity contribution is -0.138. The molecule has 7 nitrogen and oxygen atoms in total. The predicted molar refractivity (Wildman–Crippen MR) is 131 cm³/mol. The number of alkyl carbamates (subject to hydrolysis) is 1. The smallest absolute Gasteiger partial charge is 0.407 e. The third kappa shape index (κ3) is 5.19. The normalized spacial score (nSPS) is 18.5. The second-order valence-electron chi connectivity index (χ2n) is 10.3. The maximum absolute atomic E-state index is 12.7. The summed E-state index contributed by atoms with van der Waals surface area (Å²) < 4.78 is 5.64. The SMILES string of the molecule is O=C(O)CC(NC(=O)CC1(CNC(=O)OCC2c3ccccc3-c3ccccc32)CCC1)C1CC1. The number of hydrogen-bond acceptors (Lipinski definition) is 4. The van der Waals surface area contributed by atoms with Gasteiger partial charge in [-0.25, -0.2) is 4.79 Å². The largest absolute Gasteiger partial charge is 0.481 e. The van der Waals surface area contributed by atoms with E-state index in [1.165, 1.54) is 22.3 Å². The standard InChI is InChI=1S/C28H32N2O5/c31-25(30-24(14-26(32)33)18-10-11-18)15-28(12-5-13-28)17-29-27(34)35-16-23-21-8-3-1-6-19(21)20-7-2-4-9-22(20)23/h1-4,6-9,18,23-24H,5,10-17H2,(H,29,34)(H,30,31)(H,32,33). The quantitative estimate of drug-likeness (QED) is 0.470. The van der Waals surface area contributed by atoms with Gasteiger partial charge in [0.25, 0.3) is 0 Å². The van der Waals surface area contributed by atoms with Crippen LogP contribution in [-0.4, -0.2) is 42.3 Å². The summed E-state index contributed by atoms with van der Waals surface area (Å²) in [5.74, 6) is -0.744. The second-order valence-corrected chi connectivity index (χ2v) is 10.3. The number of hydrogen-bond donors (Lipinski definition) is 3. The number of aliphatic carboxylic acids is 1. The minimum Gasteiger partial charge on any atom is -0.481 e. The molecular formula is C28H32N2O5. The summed E-state index contributed by atoms with van der Waals surface area (Å²) in [5.41, 5.74) is 4.42. The zero-order valence-corrected chi connectivity index (χ0v) is 19.8. The Bertz CT molecular complexity index is 1080. The van der Waals surface area contributed by atoms with Crippen LogP contribution < -0.4 is 10.6 Å². The number of carboxylic acids is 1. The highest BCUT2D eigenvalue weighted by atomic mass is 16.5. The fraction of sp³-hybridized carbons (Fsp3) is 0.464. The van der Waals surface area contributed by atoms with Crippen LogP contribution in [0.15, 0.2) is 48.5 Å². The number of carbonyl (C=O) groups excluding carboxylic acids is 2. The molecule has 0 saturated heterocycles. The van der Waals surface area contributed by atoms with E-state index in [0.717, 1.165) is 32.1 Å². The van der Waals surface area contributed by atoms with Gasteiger partial charge in [-0.3, -0.25) is 9.59 Å². The summed E-state index contributed by atoms with van der Waals surface area (Å²) >= 11 is 0. The third-order valence-electron chi connectivity index (χ3n) is 7.83. The molecule has 35 heavy (non-hydrogen) atoms. The molecule has 2 fully saturated rings. The molecule has 0 bridgehead atoms. The van der Waals surface area contributed by atoms with Gasteiger partial charge in [-0.1, -0.05) is 55.0 Å². The van der Waals surface area contributed by atoms with Gasteiger partial charge in [0.05, 0.1) is 6.42 Å². The average Bonchev–Trinajstić information content (AvgIpc) is 3.62. The molecule has 0 radical (unpaired) electrons. The summed E-state index contributed by atoms with van der Waals surface area (Å²) in [7, 11) is 0. The van der Waals surface area contributed by atoms with E-state index in [1.54, 1.807) is 0 Å². The fourth-order valence-electron chi connectivity index (χ4n) is 5.62. The Morgan fingerprint density at radius 2 is 1.63 bits per heavy atom. The van der Waals surface area contributed by atoms with Gasteiger partial charge >= 0.3 is 12.1 Å². The molecule has 3 aliphatic rings. The maximum Gasteiger partial charge on any atom is 0.407 e. The van der Waals surface area contributed by atoms with Gasteiger partial charge in [-0.05, 0) is 59.3 Å². The molecular weight excluding hydrogens is 444 g/mol. The van der Waals surface area contributed by atoms with E-state index in [4.69, 9.17) is 9.84 Å². The molecule has 7 heteroatoms. The molecule has 1 atom stereocenters. The van der Waals surface area contributed by atoms with Gasteiger partial charge in [0, 0.05) is 24.9 Å². The summed E-state index contributed by atoms with van der Waals surface area (Å²) in [6.07, 6.45) is 4.44. The van der Waals surface area contributed by atoms with Crippen LogP contribution in [0.3, 0.4) is 0 Å². The minimum atomic E-state index is -0.891. The van der Waals surface area contributed by atoms with Gasteiger partial charge in [-0.2, -0.15) is 0 Å². The average molecular weight is 477 g/mol. The third-order valence-corrected chi connectivity index (χ3v) is 7.83. The van der Waals surface area contributed by atoms with Crippen molar-refractivity contribution in [3.63, 3.8) is 0 Å². The van der Waals surface area contributed by atoms with Gasteiger partial charge in [0.1, 0.15) is 6.61 Å². The van der Waals surface area contributed by atoms with Crippen LogP contribution in [0.1, 0.15) is 62.0 Å². The molecule has 184 valence electrons. The van der Waals surface area contributed by atoms with Crippen molar-refractivity contribution < 1.29 is 24.2 Å². The van der Waals surface area contributed by atoms with E-state index in [0.29, 0.717) is 13.0 Å². The van der Waals surface area contributed by atoms with Crippen LogP contribution in [0.25, 0.3) is 11.1 Å². The fourth-order valence-corrected chi connectivity index (χ4v) is 5.62. The summed E-state index contributed by atoms with van der Waals surface area (Å²) in [6, 6.07) is 16.1. The summed E-state index contributed by atoms with van der Waals surface area (Å²) in [5, 5.41) is 15.0. The van der Waals surface area contributed by atoms with E-state index < -0.39 is 12.1 Å². The van der Waals surface area contributed by atoms with Crippen molar-refractivity contribution in [2.24, 2.45) is 11.3 Å². The van der Waals surface area contributed by atoms with Crippen molar-refractivity contribution >= 4 is 18.0 Å². The van der Waals surface area contributed by atoms with Crippen molar-refractivity contribution in [2.45, 2.75) is 56.9 Å². The molecule has 0 aliphatic heterocycles. The summed E-state index contributed by atoms with van der Waals surface area (Å²) in [4.78, 5) is 36.4. The van der Waals surface area contributed by atoms with Crippen molar-refractivity contribution in [1.82, 2.24) is 10.6 Å². The zero-order chi connectivity index (χ0) is 24.4. The van der Waals surface area contributed by atoms with Crippen LogP contribution in [0.5, 0.6) is 0 Å². The molecule has 1 unspecified atom stereocenters. The zero-order valence-electron chi connectivity index (χ0n) is 19.8. The lowest BCUT2D eigenvalue weighted by atomic mass is 9.66. The van der Waals surface area contributed by atoms with Crippen LogP contribution in [-0.2, 0) is 14.3 Å². The first kappa shape index (κ1) is 23.4. The first-order valence-corrected chi connectivity index (χ1v) is 12.5. The van der Waals surface area contributed by atoms with Crippen molar-refractivity contribution in [2.75, 3.05) is 13.2 Å². The predicted octanol–water partition coefficient (Wildman–Crippen LogP) is 4.46. The molecule has 0 heterocycles. The Kier molecular flexibility index (Phi) is 6.50. The van der Waals surface area contributed by atoms with Gasteiger partial charge < -0.3 is 20.5 Å². The second kappa shape index (κ2) is 9.72. The monoisotopic (exact) mass is 476 g/mol. The molecule has 2 amide bonds. The Balaban J connectivity index is 1.14. The number of carboxylic acid groups (broad SMARTS) is 1. The number of benzene rings is 2. The number of carbonyl (C=O) groups is 3. The highest BCUT2D eigenvalue weighted by Crippen LogP contribution is 2.45. The lowest BCUT2D eigenvalue weighted by Crippen LogP contribution is -2.47. The van der Waals surface area contributed by atoms with Crippen LogP contribution in [0.2, 0.25) is 0 Å². The minimum absolute atomic E-state index is 0.00480. The van der Waals surface area contributed by atoms with Crippen LogP contribution >= 0.6 is 0 Å². The maximum atomic E-state index is 12.7. The summed E-state index contributed by atoms with van der Waals surface area (Å²) in [6.45, 7) is 0.635. The van der Waals surface area contributed by atoms with E-state index in [2.05, 4.69) is 34.9 Å². The molecule has 0 aromatic heterocycles. The molecule has 2 aromatic rings. The van der Waals surface area contributed by atoms with Gasteiger partial charge in [0.2, 0.25) is 5.91 Å². The van der Waals surface area contributed by atoms with Gasteiger partial charge in [0.15, 0.2) is 0 Å². The Morgan fingerprint density at radius 3 is 2.17 bits per heavy atom. The Labute approximate surface area is 205 Å². The Hall–Kier alpha value is -3.35. The first-order chi connectivity index (χ1) is 16.9. The van der Waals surface area contributed by atoms with Crippen LogP contribution in [0.4, 0.5) is 4.79 Å². The highest BCUT2D eigenvalue weighted by Gasteiger charge is 2.41. The van der Waals surface area contributed by atoms with Crippen LogP contribution in [0, 0.1) is 11.3 Å². The number of amides is 2. The molecule has 2 saturated carbocycles. The van der Waals surface area contributed by atoms with Gasteiger partial charge in [-0.15, -0.1) is 0 Å². The van der Waals surface area contributed by atoms with Crippen molar-refractivity contribution in [1.29, 1.82) is 0 Å². The first-order valence-electron chi connectivity index (χ1n) is 12.5. The molecule has 3 N–H and O–H groups in total. The number of fused-ring (bicyclic) bond motifs is 3. The Morgan fingerprint density at radius 1 is 1.00 bits per heavy atom. The number of ether oxygens (including phenoxy) is 1. The van der Waals surface area contributed by atoms with E-state index >= 15 is 0 Å². The van der Waals surface area contributed by atoms with E-state index in [1.807, 2.05) is 24.3 Å². The lowest BCUT2D eigenvalue weighted by Gasteiger charge is -2.41. The molecule has 2 aromatic carbocycles. The van der Waals surface area contributed by atoms with Crippen molar-refractivity contribution in [3.05, 3.63) is 59.7 Å².